The van der Waals surface area contributed by atoms with E-state index in [2.05, 4.69) is 10.6 Å². The Morgan fingerprint density at radius 3 is 2.72 bits per heavy atom. The predicted molar refractivity (Wildman–Crippen MR) is 70.6 cm³/mol. The fraction of sp³-hybridized carbons (Fsp3) is 0.500. The van der Waals surface area contributed by atoms with Crippen LogP contribution in [0.3, 0.4) is 0 Å². The van der Waals surface area contributed by atoms with Crippen LogP contribution < -0.4 is 10.6 Å². The quantitative estimate of drug-likeness (QED) is 0.764. The summed E-state index contributed by atoms with van der Waals surface area (Å²) in [5, 5.41) is 15.4. The molecule has 1 aromatic rings. The molecular formula is C14H20N2O2. The van der Waals surface area contributed by atoms with Gasteiger partial charge in [-0.05, 0) is 30.9 Å². The molecule has 2 rings (SSSR count). The van der Waals surface area contributed by atoms with E-state index in [0.717, 1.165) is 18.4 Å². The van der Waals surface area contributed by atoms with E-state index in [9.17, 15) is 9.90 Å². The largest absolute Gasteiger partial charge is 0.508 e. The molecule has 0 spiro atoms. The Labute approximate surface area is 107 Å². The third kappa shape index (κ3) is 3.65. The lowest BCUT2D eigenvalue weighted by Crippen LogP contribution is -2.41. The van der Waals surface area contributed by atoms with Crippen molar-refractivity contribution in [2.24, 2.45) is 0 Å². The van der Waals surface area contributed by atoms with E-state index in [-0.39, 0.29) is 11.8 Å². The number of hydrogen-bond acceptors (Lipinski definition) is 2. The van der Waals surface area contributed by atoms with Crippen molar-refractivity contribution in [2.75, 3.05) is 6.54 Å². The van der Waals surface area contributed by atoms with Gasteiger partial charge in [0.2, 0.25) is 0 Å². The molecule has 98 valence electrons. The third-order valence-electron chi connectivity index (χ3n) is 3.36. The summed E-state index contributed by atoms with van der Waals surface area (Å²) in [5.41, 5.74) is 0.860. The van der Waals surface area contributed by atoms with Crippen LogP contribution >= 0.6 is 0 Å². The van der Waals surface area contributed by atoms with Crippen LogP contribution in [0.5, 0.6) is 5.75 Å². The van der Waals surface area contributed by atoms with E-state index in [1.165, 1.54) is 12.8 Å². The van der Waals surface area contributed by atoms with Gasteiger partial charge in [-0.15, -0.1) is 0 Å². The van der Waals surface area contributed by atoms with Crippen LogP contribution in [0.2, 0.25) is 0 Å². The molecule has 0 saturated heterocycles. The highest BCUT2D eigenvalue weighted by Gasteiger charge is 2.16. The minimum atomic E-state index is -0.0997. The number of para-hydroxylation sites is 1. The topological polar surface area (TPSA) is 61.4 Å². The predicted octanol–water partition coefficient (Wildman–Crippen LogP) is 2.18. The first kappa shape index (κ1) is 12.7. The van der Waals surface area contributed by atoms with Crippen molar-refractivity contribution in [3.8, 4) is 5.75 Å². The van der Waals surface area contributed by atoms with Gasteiger partial charge in [-0.2, -0.15) is 0 Å². The van der Waals surface area contributed by atoms with Crippen LogP contribution in [0.4, 0.5) is 4.79 Å². The highest BCUT2D eigenvalue weighted by atomic mass is 16.3. The molecule has 0 radical (unpaired) electrons. The van der Waals surface area contributed by atoms with Crippen LogP contribution in [0.15, 0.2) is 24.3 Å². The van der Waals surface area contributed by atoms with E-state index in [4.69, 9.17) is 0 Å². The summed E-state index contributed by atoms with van der Waals surface area (Å²) in [5.74, 6) is 0.288. The molecule has 0 unspecified atom stereocenters. The average molecular weight is 248 g/mol. The molecule has 2 amide bonds. The van der Waals surface area contributed by atoms with E-state index in [0.29, 0.717) is 19.0 Å². The van der Waals surface area contributed by atoms with Crippen molar-refractivity contribution < 1.29 is 9.90 Å². The molecule has 1 aliphatic carbocycles. The average Bonchev–Trinajstić information content (AvgIpc) is 2.84. The molecule has 4 heteroatoms. The van der Waals surface area contributed by atoms with E-state index in [1.807, 2.05) is 12.1 Å². The number of phenols is 1. The Hall–Kier alpha value is -1.71. The van der Waals surface area contributed by atoms with Gasteiger partial charge >= 0.3 is 6.03 Å². The van der Waals surface area contributed by atoms with E-state index >= 15 is 0 Å². The summed E-state index contributed by atoms with van der Waals surface area (Å²) >= 11 is 0. The van der Waals surface area contributed by atoms with Gasteiger partial charge in [0.15, 0.2) is 0 Å². The number of benzene rings is 1. The Kier molecular flexibility index (Phi) is 4.45. The number of amides is 2. The second-order valence-electron chi connectivity index (χ2n) is 4.76. The first-order chi connectivity index (χ1) is 8.75. The van der Waals surface area contributed by atoms with Crippen molar-refractivity contribution in [3.05, 3.63) is 29.8 Å². The smallest absolute Gasteiger partial charge is 0.315 e. The van der Waals surface area contributed by atoms with Gasteiger partial charge in [-0.3, -0.25) is 0 Å². The highest BCUT2D eigenvalue weighted by Crippen LogP contribution is 2.17. The number of carbonyl (C=O) groups excluding carboxylic acids is 1. The lowest BCUT2D eigenvalue weighted by Gasteiger charge is -2.13. The molecule has 18 heavy (non-hydrogen) atoms. The van der Waals surface area contributed by atoms with Crippen LogP contribution in [0.25, 0.3) is 0 Å². The fourth-order valence-corrected chi connectivity index (χ4v) is 2.34. The zero-order valence-corrected chi connectivity index (χ0v) is 10.5. The third-order valence-corrected chi connectivity index (χ3v) is 3.36. The van der Waals surface area contributed by atoms with Crippen molar-refractivity contribution in [1.82, 2.24) is 10.6 Å². The van der Waals surface area contributed by atoms with E-state index in [1.54, 1.807) is 12.1 Å². The van der Waals surface area contributed by atoms with Gasteiger partial charge in [0.05, 0.1) is 0 Å². The van der Waals surface area contributed by atoms with Crippen LogP contribution in [0.1, 0.15) is 31.2 Å². The van der Waals surface area contributed by atoms with Crippen LogP contribution in [-0.2, 0) is 6.42 Å². The minimum absolute atomic E-state index is 0.0997. The Morgan fingerprint density at radius 1 is 1.28 bits per heavy atom. The van der Waals surface area contributed by atoms with Crippen molar-refractivity contribution in [3.63, 3.8) is 0 Å². The summed E-state index contributed by atoms with van der Waals surface area (Å²) in [6.45, 7) is 0.538. The monoisotopic (exact) mass is 248 g/mol. The SMILES string of the molecule is O=C(NCCc1ccccc1O)NC1CCCC1. The molecule has 0 heterocycles. The summed E-state index contributed by atoms with van der Waals surface area (Å²) in [4.78, 5) is 11.6. The first-order valence-electron chi connectivity index (χ1n) is 6.57. The number of urea groups is 1. The van der Waals surface area contributed by atoms with Crippen LogP contribution in [0, 0.1) is 0 Å². The number of nitrogens with one attached hydrogen (secondary N) is 2. The van der Waals surface area contributed by atoms with Gasteiger partial charge in [0, 0.05) is 12.6 Å². The molecule has 0 bridgehead atoms. The summed E-state index contributed by atoms with van der Waals surface area (Å²) < 4.78 is 0. The minimum Gasteiger partial charge on any atom is -0.508 e. The number of aromatic hydroxyl groups is 1. The summed E-state index contributed by atoms with van der Waals surface area (Å²) in [6, 6.07) is 7.44. The number of rotatable bonds is 4. The molecule has 0 aromatic heterocycles. The molecular weight excluding hydrogens is 228 g/mol. The second kappa shape index (κ2) is 6.28. The molecule has 0 aliphatic heterocycles. The fourth-order valence-electron chi connectivity index (χ4n) is 2.34. The maximum absolute atomic E-state index is 11.6. The second-order valence-corrected chi connectivity index (χ2v) is 4.76. The zero-order chi connectivity index (χ0) is 12.8. The number of hydrogen-bond donors (Lipinski definition) is 3. The van der Waals surface area contributed by atoms with Gasteiger partial charge in [-0.1, -0.05) is 31.0 Å². The molecule has 1 saturated carbocycles. The maximum Gasteiger partial charge on any atom is 0.315 e. The molecule has 0 atom stereocenters. The standard InChI is InChI=1S/C14H20N2O2/c17-13-8-4-1-5-11(13)9-10-15-14(18)16-12-6-2-3-7-12/h1,4-5,8,12,17H,2-3,6-7,9-10H2,(H2,15,16,18). The van der Waals surface area contributed by atoms with Crippen LogP contribution in [-0.4, -0.2) is 23.7 Å². The van der Waals surface area contributed by atoms with Crippen molar-refractivity contribution in [1.29, 1.82) is 0 Å². The molecule has 1 aliphatic rings. The van der Waals surface area contributed by atoms with Gasteiger partial charge in [0.1, 0.15) is 5.75 Å². The Morgan fingerprint density at radius 2 is 2.00 bits per heavy atom. The van der Waals surface area contributed by atoms with Crippen molar-refractivity contribution >= 4 is 6.03 Å². The van der Waals surface area contributed by atoms with Gasteiger partial charge in [0.25, 0.3) is 0 Å². The molecule has 1 fully saturated rings. The molecule has 1 aromatic carbocycles. The van der Waals surface area contributed by atoms with Gasteiger partial charge < -0.3 is 15.7 Å². The summed E-state index contributed by atoms with van der Waals surface area (Å²) in [6.07, 6.45) is 5.25. The normalized spacial score (nSPS) is 15.6. The number of carbonyl (C=O) groups is 1. The highest BCUT2D eigenvalue weighted by molar-refractivity contribution is 5.74. The van der Waals surface area contributed by atoms with E-state index < -0.39 is 0 Å². The Bertz CT molecular complexity index is 401. The van der Waals surface area contributed by atoms with Gasteiger partial charge in [-0.25, -0.2) is 4.79 Å². The maximum atomic E-state index is 11.6. The lowest BCUT2D eigenvalue weighted by molar-refractivity contribution is 0.237. The first-order valence-corrected chi connectivity index (χ1v) is 6.57. The lowest BCUT2D eigenvalue weighted by atomic mass is 10.1. The molecule has 3 N–H and O–H groups in total. The molecule has 4 nitrogen and oxygen atoms in total. The number of phenolic OH excluding ortho intramolecular Hbond substituents is 1. The summed E-state index contributed by atoms with van der Waals surface area (Å²) in [7, 11) is 0. The van der Waals surface area contributed by atoms with Crippen molar-refractivity contribution in [2.45, 2.75) is 38.1 Å². The Balaban J connectivity index is 1.68. The zero-order valence-electron chi connectivity index (χ0n) is 10.5.